The number of hydrogen-bond acceptors (Lipinski definition) is 6. The zero-order valence-electron chi connectivity index (χ0n) is 21.1. The van der Waals surface area contributed by atoms with Crippen molar-refractivity contribution >= 4 is 23.2 Å². The van der Waals surface area contributed by atoms with E-state index in [4.69, 9.17) is 16.2 Å². The highest BCUT2D eigenvalue weighted by atomic mass is 16.5. The van der Waals surface area contributed by atoms with Gasteiger partial charge in [-0.15, -0.1) is 0 Å². The fraction of sp³-hybridized carbons (Fsp3) is 0.0645. The van der Waals surface area contributed by atoms with Gasteiger partial charge in [0.05, 0.1) is 11.4 Å². The van der Waals surface area contributed by atoms with Gasteiger partial charge in [-0.25, -0.2) is 14.8 Å². The smallest absolute Gasteiger partial charge is 0.408 e. The van der Waals surface area contributed by atoms with Gasteiger partial charge < -0.3 is 21.5 Å². The summed E-state index contributed by atoms with van der Waals surface area (Å²) >= 11 is 0. The Labute approximate surface area is 221 Å². The average molecular weight is 502 g/mol. The summed E-state index contributed by atoms with van der Waals surface area (Å²) < 4.78 is 5.73. The van der Waals surface area contributed by atoms with Gasteiger partial charge in [0.25, 0.3) is 0 Å². The summed E-state index contributed by atoms with van der Waals surface area (Å²) in [6, 6.07) is 27.3. The molecule has 5 aromatic rings. The highest BCUT2D eigenvalue weighted by Crippen LogP contribution is 2.50. The summed E-state index contributed by atoms with van der Waals surface area (Å²) in [6.07, 6.45) is 2.16. The molecule has 0 aliphatic heterocycles. The first-order valence-electron chi connectivity index (χ1n) is 12.1. The second kappa shape index (κ2) is 10.4. The first-order chi connectivity index (χ1) is 18.4. The van der Waals surface area contributed by atoms with Gasteiger partial charge in [0.2, 0.25) is 0 Å². The minimum Gasteiger partial charge on any atom is -0.408 e. The Morgan fingerprint density at radius 2 is 1.66 bits per heavy atom. The van der Waals surface area contributed by atoms with Gasteiger partial charge in [0, 0.05) is 28.7 Å². The molecular weight excluding hydrogens is 474 g/mol. The molecule has 0 aliphatic rings. The number of nitrogens with zero attached hydrogens (tertiary/aromatic N) is 2. The highest BCUT2D eigenvalue weighted by Gasteiger charge is 2.25. The van der Waals surface area contributed by atoms with Crippen LogP contribution in [0, 0.1) is 13.8 Å². The van der Waals surface area contributed by atoms with Crippen molar-refractivity contribution in [3.8, 4) is 39.3 Å². The summed E-state index contributed by atoms with van der Waals surface area (Å²) in [7, 11) is 0. The summed E-state index contributed by atoms with van der Waals surface area (Å²) in [4.78, 5) is 20.8. The lowest BCUT2D eigenvalue weighted by Gasteiger charge is -2.24. The molecule has 7 nitrogen and oxygen atoms in total. The lowest BCUT2D eigenvalue weighted by molar-refractivity contribution is 0.211. The number of amides is 1. The van der Waals surface area contributed by atoms with E-state index in [1.165, 1.54) is 6.33 Å². The number of rotatable bonds is 6. The van der Waals surface area contributed by atoms with E-state index < -0.39 is 6.09 Å². The van der Waals surface area contributed by atoms with E-state index in [2.05, 4.69) is 41.3 Å². The van der Waals surface area contributed by atoms with Crippen LogP contribution in [0.5, 0.6) is 5.75 Å². The van der Waals surface area contributed by atoms with Crippen LogP contribution in [0.1, 0.15) is 11.1 Å². The van der Waals surface area contributed by atoms with Crippen LogP contribution in [0.4, 0.5) is 21.9 Å². The Morgan fingerprint density at radius 3 is 2.37 bits per heavy atom. The number of nitrogens with one attached hydrogen (secondary N) is 1. The van der Waals surface area contributed by atoms with Gasteiger partial charge in [0.1, 0.15) is 6.33 Å². The molecule has 0 saturated carbocycles. The molecule has 188 valence electrons. The number of hydrogen-bond donors (Lipinski definition) is 3. The molecule has 1 aromatic heterocycles. The Hall–Kier alpha value is -5.17. The number of benzene rings is 4. The number of anilines is 3. The molecule has 0 spiro atoms. The Kier molecular flexibility index (Phi) is 6.74. The number of aryl methyl sites for hydroxylation is 1. The largest absolute Gasteiger partial charge is 0.410 e. The third kappa shape index (κ3) is 4.90. The quantitative estimate of drug-likeness (QED) is 0.218. The van der Waals surface area contributed by atoms with E-state index in [9.17, 15) is 4.79 Å². The lowest BCUT2D eigenvalue weighted by atomic mass is 9.87. The fourth-order valence-electron chi connectivity index (χ4n) is 4.55. The molecule has 0 atom stereocenters. The van der Waals surface area contributed by atoms with Crippen LogP contribution in [0.2, 0.25) is 0 Å². The van der Waals surface area contributed by atoms with Crippen molar-refractivity contribution in [3.05, 3.63) is 109 Å². The van der Waals surface area contributed by atoms with E-state index in [0.29, 0.717) is 22.6 Å². The maximum Gasteiger partial charge on any atom is 0.410 e. The molecule has 4 aromatic carbocycles. The zero-order chi connectivity index (χ0) is 26.6. The monoisotopic (exact) mass is 501 g/mol. The van der Waals surface area contributed by atoms with Gasteiger partial charge >= 0.3 is 6.09 Å². The van der Waals surface area contributed by atoms with E-state index in [1.807, 2.05) is 66.7 Å². The van der Waals surface area contributed by atoms with E-state index in [0.717, 1.165) is 39.1 Å². The Morgan fingerprint density at radius 1 is 0.868 bits per heavy atom. The molecule has 1 amide bonds. The predicted molar refractivity (Wildman–Crippen MR) is 152 cm³/mol. The minimum absolute atomic E-state index is 0.256. The number of carbonyl (C=O) groups excluding carboxylic acids is 1. The molecule has 0 radical (unpaired) electrons. The number of carbonyl (C=O) groups is 1. The van der Waals surface area contributed by atoms with E-state index in [1.54, 1.807) is 12.3 Å². The van der Waals surface area contributed by atoms with Gasteiger partial charge in [0.15, 0.2) is 5.75 Å². The van der Waals surface area contributed by atoms with Crippen LogP contribution in [-0.2, 0) is 0 Å². The lowest BCUT2D eigenvalue weighted by Crippen LogP contribution is -2.18. The highest BCUT2D eigenvalue weighted by molar-refractivity contribution is 6.02. The molecule has 1 heterocycles. The van der Waals surface area contributed by atoms with Crippen LogP contribution < -0.4 is 21.5 Å². The predicted octanol–water partition coefficient (Wildman–Crippen LogP) is 6.88. The summed E-state index contributed by atoms with van der Waals surface area (Å²) in [5, 5.41) is 3.48. The van der Waals surface area contributed by atoms with Crippen molar-refractivity contribution in [1.82, 2.24) is 9.97 Å². The van der Waals surface area contributed by atoms with Crippen LogP contribution >= 0.6 is 0 Å². The summed E-state index contributed by atoms with van der Waals surface area (Å²) in [5.74, 6) is 0.256. The molecule has 38 heavy (non-hydrogen) atoms. The summed E-state index contributed by atoms with van der Waals surface area (Å²) in [5.41, 5.74) is 20.8. The van der Waals surface area contributed by atoms with E-state index in [-0.39, 0.29) is 5.75 Å². The molecule has 0 unspecified atom stereocenters. The maximum atomic E-state index is 12.2. The third-order valence-electron chi connectivity index (χ3n) is 6.45. The SMILES string of the molecule is Cc1cccc(-c2cc(-c3ccncn3)c(OC(N)=O)c(Nc3cccc(N)c3)c2-c2ccccc2)c1C. The molecule has 7 heteroatoms. The molecule has 5 N–H and O–H groups in total. The minimum atomic E-state index is -0.936. The molecule has 0 saturated heterocycles. The van der Waals surface area contributed by atoms with E-state index >= 15 is 0 Å². The first-order valence-corrected chi connectivity index (χ1v) is 12.1. The molecule has 0 fully saturated rings. The topological polar surface area (TPSA) is 116 Å². The standard InChI is InChI=1S/C31H27N5O2/c1-19-8-6-13-24(20(19)2)25-17-26(27-14-15-34-18-35-27)30(38-31(33)37)29(28(25)21-9-4-3-5-10-21)36-23-12-7-11-22(32)16-23/h3-18,36H,32H2,1-2H3,(H2,33,37). The van der Waals surface area contributed by atoms with Gasteiger partial charge in [-0.2, -0.15) is 0 Å². The van der Waals surface area contributed by atoms with Gasteiger partial charge in [-0.05, 0) is 72.0 Å². The van der Waals surface area contributed by atoms with Gasteiger partial charge in [-0.3, -0.25) is 0 Å². The third-order valence-corrected chi connectivity index (χ3v) is 6.45. The number of ether oxygens (including phenoxy) is 1. The second-order valence-corrected chi connectivity index (χ2v) is 8.93. The van der Waals surface area contributed by atoms with Crippen molar-refractivity contribution in [2.45, 2.75) is 13.8 Å². The van der Waals surface area contributed by atoms with Crippen LogP contribution in [0.25, 0.3) is 33.5 Å². The Bertz CT molecular complexity index is 1620. The average Bonchev–Trinajstić information content (AvgIpc) is 2.92. The molecular formula is C31H27N5O2. The zero-order valence-corrected chi connectivity index (χ0v) is 21.1. The number of primary amides is 1. The Balaban J connectivity index is 1.94. The maximum absolute atomic E-state index is 12.2. The first kappa shape index (κ1) is 24.5. The van der Waals surface area contributed by atoms with Gasteiger partial charge in [-0.1, -0.05) is 54.6 Å². The van der Waals surface area contributed by atoms with Crippen LogP contribution in [0.15, 0.2) is 97.5 Å². The number of nitrogens with two attached hydrogens (primary N) is 2. The second-order valence-electron chi connectivity index (χ2n) is 8.93. The molecule has 0 aliphatic carbocycles. The van der Waals surface area contributed by atoms with Crippen molar-refractivity contribution in [1.29, 1.82) is 0 Å². The summed E-state index contributed by atoms with van der Waals surface area (Å²) in [6.45, 7) is 4.19. The number of aromatic nitrogens is 2. The number of nitrogen functional groups attached to an aromatic ring is 1. The normalized spacial score (nSPS) is 10.7. The van der Waals surface area contributed by atoms with Crippen LogP contribution in [0.3, 0.4) is 0 Å². The fourth-order valence-corrected chi connectivity index (χ4v) is 4.55. The van der Waals surface area contributed by atoms with Crippen molar-refractivity contribution in [3.63, 3.8) is 0 Å². The van der Waals surface area contributed by atoms with Crippen molar-refractivity contribution in [2.75, 3.05) is 11.1 Å². The van der Waals surface area contributed by atoms with Crippen molar-refractivity contribution in [2.24, 2.45) is 5.73 Å². The molecule has 5 rings (SSSR count). The van der Waals surface area contributed by atoms with Crippen molar-refractivity contribution < 1.29 is 9.53 Å². The van der Waals surface area contributed by atoms with Crippen LogP contribution in [-0.4, -0.2) is 16.1 Å². The molecule has 0 bridgehead atoms.